The van der Waals surface area contributed by atoms with Crippen LogP contribution in [0.3, 0.4) is 0 Å². The largest absolute Gasteiger partial charge is 0.312 e. The fraction of sp³-hybridized carbons (Fsp3) is 0.650. The van der Waals surface area contributed by atoms with Gasteiger partial charge in [0.25, 0.3) is 5.92 Å². The van der Waals surface area contributed by atoms with Gasteiger partial charge in [-0.15, -0.1) is 0 Å². The number of aryl methyl sites for hydroxylation is 1. The van der Waals surface area contributed by atoms with Crippen molar-refractivity contribution >= 4 is 11.6 Å². The molecule has 0 radical (unpaired) electrons. The van der Waals surface area contributed by atoms with Crippen LogP contribution in [0.2, 0.25) is 0 Å². The van der Waals surface area contributed by atoms with E-state index in [2.05, 4.69) is 13.8 Å². The van der Waals surface area contributed by atoms with Crippen LogP contribution in [0.15, 0.2) is 24.3 Å². The molecule has 1 aromatic rings. The van der Waals surface area contributed by atoms with Crippen LogP contribution in [0.5, 0.6) is 0 Å². The van der Waals surface area contributed by atoms with E-state index in [4.69, 9.17) is 0 Å². The topological polar surface area (TPSA) is 20.3 Å². The van der Waals surface area contributed by atoms with Gasteiger partial charge >= 0.3 is 0 Å². The first kappa shape index (κ1) is 18.9. The van der Waals surface area contributed by atoms with Gasteiger partial charge in [0.15, 0.2) is 0 Å². The third kappa shape index (κ3) is 3.96. The van der Waals surface area contributed by atoms with Gasteiger partial charge in [0, 0.05) is 31.5 Å². The quantitative estimate of drug-likeness (QED) is 0.699. The van der Waals surface area contributed by atoms with Crippen molar-refractivity contribution in [3.8, 4) is 0 Å². The minimum Gasteiger partial charge on any atom is -0.312 e. The van der Waals surface area contributed by atoms with Gasteiger partial charge in [-0.1, -0.05) is 39.0 Å². The van der Waals surface area contributed by atoms with Gasteiger partial charge in [0.2, 0.25) is 5.91 Å². The van der Waals surface area contributed by atoms with Crippen LogP contribution in [-0.2, 0) is 11.2 Å². The molecule has 1 aliphatic carbocycles. The molecule has 2 atom stereocenters. The third-order valence-electron chi connectivity index (χ3n) is 5.47. The molecule has 1 fully saturated rings. The molecule has 0 aromatic heterocycles. The molecular formula is C20H29F2NO. The number of nitrogens with zero attached hydrogens (tertiary/aromatic N) is 1. The van der Waals surface area contributed by atoms with Crippen molar-refractivity contribution in [2.45, 2.75) is 65.7 Å². The van der Waals surface area contributed by atoms with E-state index in [1.165, 1.54) is 0 Å². The second kappa shape index (κ2) is 7.20. The zero-order valence-electron chi connectivity index (χ0n) is 15.2. The molecule has 0 bridgehead atoms. The Labute approximate surface area is 144 Å². The minimum atomic E-state index is -2.57. The highest BCUT2D eigenvalue weighted by molar-refractivity contribution is 5.92. The van der Waals surface area contributed by atoms with E-state index in [1.807, 2.05) is 31.2 Å². The lowest BCUT2D eigenvalue weighted by atomic mass is 9.68. The lowest BCUT2D eigenvalue weighted by Crippen LogP contribution is -2.46. The Morgan fingerprint density at radius 2 is 1.92 bits per heavy atom. The van der Waals surface area contributed by atoms with Crippen LogP contribution >= 0.6 is 0 Å². The standard InChI is InChI=1S/C20H29F2NO/c1-5-16-9-7-8-10-18(16)23(15(3)24)14-19(4)11-12-20(21,22)17(6-2)13-19/h7-10,17H,5-6,11-14H2,1-4H3. The second-order valence-electron chi connectivity index (χ2n) is 7.47. The number of rotatable bonds is 5. The maximum absolute atomic E-state index is 14.1. The summed E-state index contributed by atoms with van der Waals surface area (Å²) in [5, 5.41) is 0. The summed E-state index contributed by atoms with van der Waals surface area (Å²) in [6.45, 7) is 8.01. The Bertz CT molecular complexity index is 587. The van der Waals surface area contributed by atoms with Crippen LogP contribution in [0, 0.1) is 11.3 Å². The van der Waals surface area contributed by atoms with E-state index in [9.17, 15) is 13.6 Å². The number of halogens is 2. The van der Waals surface area contributed by atoms with Gasteiger partial charge < -0.3 is 4.90 Å². The zero-order valence-corrected chi connectivity index (χ0v) is 15.2. The fourth-order valence-corrected chi connectivity index (χ4v) is 3.93. The molecule has 0 heterocycles. The van der Waals surface area contributed by atoms with Crippen LogP contribution < -0.4 is 4.90 Å². The molecule has 1 amide bonds. The van der Waals surface area contributed by atoms with Gasteiger partial charge in [0.05, 0.1) is 0 Å². The molecule has 134 valence electrons. The zero-order chi connectivity index (χ0) is 18.0. The summed E-state index contributed by atoms with van der Waals surface area (Å²) in [7, 11) is 0. The lowest BCUT2D eigenvalue weighted by Gasteiger charge is -2.44. The second-order valence-corrected chi connectivity index (χ2v) is 7.47. The number of para-hydroxylation sites is 1. The molecule has 0 spiro atoms. The Morgan fingerprint density at radius 3 is 2.50 bits per heavy atom. The summed E-state index contributed by atoms with van der Waals surface area (Å²) in [6, 6.07) is 7.88. The van der Waals surface area contributed by atoms with E-state index in [0.29, 0.717) is 25.8 Å². The van der Waals surface area contributed by atoms with Crippen LogP contribution in [-0.4, -0.2) is 18.4 Å². The molecular weight excluding hydrogens is 308 g/mol. The molecule has 4 heteroatoms. The molecule has 1 saturated carbocycles. The van der Waals surface area contributed by atoms with Crippen LogP contribution in [0.25, 0.3) is 0 Å². The summed E-state index contributed by atoms with van der Waals surface area (Å²) in [4.78, 5) is 14.1. The molecule has 1 aliphatic rings. The number of hydrogen-bond donors (Lipinski definition) is 0. The normalized spacial score (nSPS) is 26.2. The fourth-order valence-electron chi connectivity index (χ4n) is 3.93. The van der Waals surface area contributed by atoms with Crippen LogP contribution in [0.1, 0.15) is 58.9 Å². The molecule has 2 nitrogen and oxygen atoms in total. The van der Waals surface area contributed by atoms with E-state index in [-0.39, 0.29) is 17.7 Å². The first-order chi connectivity index (χ1) is 11.2. The molecule has 0 N–H and O–H groups in total. The Balaban J connectivity index is 2.26. The molecule has 24 heavy (non-hydrogen) atoms. The van der Waals surface area contributed by atoms with E-state index < -0.39 is 11.8 Å². The summed E-state index contributed by atoms with van der Waals surface area (Å²) >= 11 is 0. The summed E-state index contributed by atoms with van der Waals surface area (Å²) < 4.78 is 28.1. The minimum absolute atomic E-state index is 0.0255. The summed E-state index contributed by atoms with van der Waals surface area (Å²) in [6.07, 6.45) is 2.16. The van der Waals surface area contributed by atoms with Gasteiger partial charge in [-0.05, 0) is 42.7 Å². The van der Waals surface area contributed by atoms with Crippen molar-refractivity contribution in [1.29, 1.82) is 0 Å². The highest BCUT2D eigenvalue weighted by Gasteiger charge is 2.48. The Morgan fingerprint density at radius 1 is 1.25 bits per heavy atom. The summed E-state index contributed by atoms with van der Waals surface area (Å²) in [5.74, 6) is -3.19. The number of alkyl halides is 2. The van der Waals surface area contributed by atoms with Crippen LogP contribution in [0.4, 0.5) is 14.5 Å². The van der Waals surface area contributed by atoms with E-state index in [0.717, 1.165) is 17.7 Å². The number of anilines is 1. The SMILES string of the molecule is CCc1ccccc1N(CC1(C)CCC(F)(F)C(CC)C1)C(C)=O. The number of benzene rings is 1. The van der Waals surface area contributed by atoms with E-state index in [1.54, 1.807) is 11.8 Å². The van der Waals surface area contributed by atoms with Gasteiger partial charge in [0.1, 0.15) is 0 Å². The van der Waals surface area contributed by atoms with Gasteiger partial charge in [-0.3, -0.25) is 4.79 Å². The molecule has 0 aliphatic heterocycles. The highest BCUT2D eigenvalue weighted by Crippen LogP contribution is 2.49. The number of amides is 1. The Hall–Kier alpha value is -1.45. The van der Waals surface area contributed by atoms with Gasteiger partial charge in [-0.25, -0.2) is 8.78 Å². The molecule has 2 rings (SSSR count). The van der Waals surface area contributed by atoms with Crippen molar-refractivity contribution in [3.63, 3.8) is 0 Å². The predicted octanol–water partition coefficient (Wildman–Crippen LogP) is 5.45. The monoisotopic (exact) mass is 337 g/mol. The average Bonchev–Trinajstić information content (AvgIpc) is 2.55. The molecule has 1 aromatic carbocycles. The van der Waals surface area contributed by atoms with E-state index >= 15 is 0 Å². The highest BCUT2D eigenvalue weighted by atomic mass is 19.3. The Kier molecular flexibility index (Phi) is 5.67. The smallest absolute Gasteiger partial charge is 0.250 e. The maximum atomic E-state index is 14.1. The number of carbonyl (C=O) groups is 1. The molecule has 2 unspecified atom stereocenters. The number of hydrogen-bond acceptors (Lipinski definition) is 1. The first-order valence-electron chi connectivity index (χ1n) is 8.96. The predicted molar refractivity (Wildman–Crippen MR) is 94.5 cm³/mol. The summed E-state index contributed by atoms with van der Waals surface area (Å²) in [5.41, 5.74) is 1.76. The first-order valence-corrected chi connectivity index (χ1v) is 8.96. The van der Waals surface area contributed by atoms with Crippen molar-refractivity contribution in [3.05, 3.63) is 29.8 Å². The average molecular weight is 337 g/mol. The maximum Gasteiger partial charge on any atom is 0.250 e. The van der Waals surface area contributed by atoms with Crippen molar-refractivity contribution in [2.75, 3.05) is 11.4 Å². The third-order valence-corrected chi connectivity index (χ3v) is 5.47. The van der Waals surface area contributed by atoms with Gasteiger partial charge in [-0.2, -0.15) is 0 Å². The van der Waals surface area contributed by atoms with Crippen molar-refractivity contribution in [1.82, 2.24) is 0 Å². The van der Waals surface area contributed by atoms with Crippen molar-refractivity contribution < 1.29 is 13.6 Å². The molecule has 0 saturated heterocycles. The van der Waals surface area contributed by atoms with Crippen molar-refractivity contribution in [2.24, 2.45) is 11.3 Å². The number of carbonyl (C=O) groups excluding carboxylic acids is 1. The lowest BCUT2D eigenvalue weighted by molar-refractivity contribution is -0.120.